The van der Waals surface area contributed by atoms with Crippen LogP contribution in [0.15, 0.2) is 30.9 Å². The molecule has 1 N–H and O–H groups in total. The van der Waals surface area contributed by atoms with E-state index in [9.17, 15) is 0 Å². The molecule has 3 heteroatoms. The van der Waals surface area contributed by atoms with Gasteiger partial charge in [0.25, 0.3) is 0 Å². The summed E-state index contributed by atoms with van der Waals surface area (Å²) in [5, 5.41) is 3.58. The maximum Gasteiger partial charge on any atom is 0.166 e. The second-order valence-corrected chi connectivity index (χ2v) is 5.41. The van der Waals surface area contributed by atoms with E-state index in [2.05, 4.69) is 31.0 Å². The van der Waals surface area contributed by atoms with Crippen LogP contribution in [0.2, 0.25) is 0 Å². The van der Waals surface area contributed by atoms with Crippen molar-refractivity contribution in [1.82, 2.24) is 5.32 Å². The van der Waals surface area contributed by atoms with E-state index in [0.717, 1.165) is 30.9 Å². The molecule has 0 saturated carbocycles. The topological polar surface area (TPSA) is 30.5 Å². The van der Waals surface area contributed by atoms with Crippen LogP contribution in [0.4, 0.5) is 0 Å². The van der Waals surface area contributed by atoms with Crippen LogP contribution in [0.1, 0.15) is 50.6 Å². The fraction of sp³-hybridized carbons (Fsp3) is 0.556. The van der Waals surface area contributed by atoms with E-state index in [4.69, 9.17) is 9.47 Å². The van der Waals surface area contributed by atoms with Crippen molar-refractivity contribution in [3.05, 3.63) is 36.4 Å². The average molecular weight is 289 g/mol. The zero-order valence-corrected chi connectivity index (χ0v) is 13.1. The minimum absolute atomic E-state index is 0.343. The first kappa shape index (κ1) is 15.9. The monoisotopic (exact) mass is 289 g/mol. The van der Waals surface area contributed by atoms with Gasteiger partial charge in [-0.3, -0.25) is 0 Å². The second-order valence-electron chi connectivity index (χ2n) is 5.41. The molecule has 1 aliphatic heterocycles. The predicted octanol–water partition coefficient (Wildman–Crippen LogP) is 4.24. The summed E-state index contributed by atoms with van der Waals surface area (Å²) in [6, 6.07) is 6.55. The van der Waals surface area contributed by atoms with E-state index in [1.165, 1.54) is 24.8 Å². The predicted molar refractivity (Wildman–Crippen MR) is 87.1 cm³/mol. The average Bonchev–Trinajstić information content (AvgIpc) is 2.53. The Morgan fingerprint density at radius 2 is 2.10 bits per heavy atom. The van der Waals surface area contributed by atoms with E-state index >= 15 is 0 Å². The van der Waals surface area contributed by atoms with Gasteiger partial charge in [0.2, 0.25) is 0 Å². The van der Waals surface area contributed by atoms with E-state index in [1.54, 1.807) is 0 Å². The summed E-state index contributed by atoms with van der Waals surface area (Å²) in [4.78, 5) is 0. The number of nitrogens with one attached hydrogen (secondary N) is 1. The van der Waals surface area contributed by atoms with Crippen molar-refractivity contribution < 1.29 is 9.47 Å². The first-order chi connectivity index (χ1) is 10.4. The maximum absolute atomic E-state index is 5.85. The Morgan fingerprint density at radius 1 is 1.24 bits per heavy atom. The number of hydrogen-bond acceptors (Lipinski definition) is 3. The van der Waals surface area contributed by atoms with Gasteiger partial charge in [0, 0.05) is 11.6 Å². The van der Waals surface area contributed by atoms with Crippen LogP contribution in [0.5, 0.6) is 11.5 Å². The van der Waals surface area contributed by atoms with Gasteiger partial charge in [-0.15, -0.1) is 6.58 Å². The van der Waals surface area contributed by atoms with E-state index in [1.807, 2.05) is 12.1 Å². The first-order valence-corrected chi connectivity index (χ1v) is 8.09. The Morgan fingerprint density at radius 3 is 2.90 bits per heavy atom. The van der Waals surface area contributed by atoms with Crippen LogP contribution in [0, 0.1) is 0 Å². The maximum atomic E-state index is 5.85. The molecule has 0 bridgehead atoms. The minimum Gasteiger partial charge on any atom is -0.486 e. The molecule has 116 valence electrons. The molecule has 0 spiro atoms. The Labute approximate surface area is 128 Å². The van der Waals surface area contributed by atoms with Gasteiger partial charge in [-0.1, -0.05) is 38.0 Å². The second kappa shape index (κ2) is 8.73. The van der Waals surface area contributed by atoms with Crippen molar-refractivity contribution >= 4 is 0 Å². The van der Waals surface area contributed by atoms with Gasteiger partial charge >= 0.3 is 0 Å². The zero-order valence-electron chi connectivity index (χ0n) is 13.1. The van der Waals surface area contributed by atoms with Crippen LogP contribution in [-0.2, 0) is 0 Å². The third-order valence-electron chi connectivity index (χ3n) is 3.82. The Hall–Kier alpha value is -1.48. The fourth-order valence-corrected chi connectivity index (χ4v) is 2.80. The Kier molecular flexibility index (Phi) is 6.61. The molecule has 0 aromatic heterocycles. The number of fused-ring (bicyclic) bond motifs is 1. The molecular weight excluding hydrogens is 262 g/mol. The quantitative estimate of drug-likeness (QED) is 0.544. The number of rotatable bonds is 9. The standard InChI is InChI=1S/C18H27NO2/c1-3-5-6-7-8-11-16(19-4-2)15-10-9-12-17-18(15)21-14-13-20-17/h3,9-10,12,16,19H,1,4-8,11,13-14H2,2H3. The van der Waals surface area contributed by atoms with Gasteiger partial charge in [0.05, 0.1) is 0 Å². The molecule has 1 aromatic rings. The van der Waals surface area contributed by atoms with Gasteiger partial charge in [-0.25, -0.2) is 0 Å². The van der Waals surface area contributed by atoms with Gasteiger partial charge in [0.1, 0.15) is 13.2 Å². The summed E-state index contributed by atoms with van der Waals surface area (Å²) in [6.45, 7) is 8.17. The highest BCUT2D eigenvalue weighted by Gasteiger charge is 2.21. The van der Waals surface area contributed by atoms with Crippen molar-refractivity contribution in [1.29, 1.82) is 0 Å². The summed E-state index contributed by atoms with van der Waals surface area (Å²) >= 11 is 0. The normalized spacial score (nSPS) is 14.7. The molecule has 0 saturated heterocycles. The lowest BCUT2D eigenvalue weighted by Gasteiger charge is -2.26. The van der Waals surface area contributed by atoms with Crippen molar-refractivity contribution in [3.8, 4) is 11.5 Å². The molecule has 0 radical (unpaired) electrons. The van der Waals surface area contributed by atoms with Crippen LogP contribution >= 0.6 is 0 Å². The minimum atomic E-state index is 0.343. The molecule has 3 nitrogen and oxygen atoms in total. The lowest BCUT2D eigenvalue weighted by Crippen LogP contribution is -2.24. The van der Waals surface area contributed by atoms with Gasteiger partial charge < -0.3 is 14.8 Å². The number of benzene rings is 1. The number of allylic oxidation sites excluding steroid dienone is 1. The molecule has 1 heterocycles. The van der Waals surface area contributed by atoms with Crippen molar-refractivity contribution in [2.75, 3.05) is 19.8 Å². The molecule has 1 aromatic carbocycles. The van der Waals surface area contributed by atoms with E-state index in [-0.39, 0.29) is 0 Å². The largest absolute Gasteiger partial charge is 0.486 e. The van der Waals surface area contributed by atoms with Crippen molar-refractivity contribution in [2.45, 2.75) is 45.1 Å². The van der Waals surface area contributed by atoms with Crippen molar-refractivity contribution in [3.63, 3.8) is 0 Å². The van der Waals surface area contributed by atoms with E-state index in [0.29, 0.717) is 19.3 Å². The number of hydrogen-bond donors (Lipinski definition) is 1. The molecule has 21 heavy (non-hydrogen) atoms. The number of unbranched alkanes of at least 4 members (excludes halogenated alkanes) is 3. The molecule has 1 aliphatic rings. The summed E-state index contributed by atoms with van der Waals surface area (Å²) in [6.07, 6.45) is 7.94. The van der Waals surface area contributed by atoms with Crippen LogP contribution in [-0.4, -0.2) is 19.8 Å². The highest BCUT2D eigenvalue weighted by atomic mass is 16.6. The highest BCUT2D eigenvalue weighted by molar-refractivity contribution is 5.48. The van der Waals surface area contributed by atoms with E-state index < -0.39 is 0 Å². The highest BCUT2D eigenvalue weighted by Crippen LogP contribution is 2.38. The van der Waals surface area contributed by atoms with Gasteiger partial charge in [-0.2, -0.15) is 0 Å². The number of para-hydroxylation sites is 1. The molecule has 0 fully saturated rings. The third-order valence-corrected chi connectivity index (χ3v) is 3.82. The summed E-state index contributed by atoms with van der Waals surface area (Å²) in [5.41, 5.74) is 1.23. The summed E-state index contributed by atoms with van der Waals surface area (Å²) in [5.74, 6) is 1.81. The molecule has 0 aliphatic carbocycles. The fourth-order valence-electron chi connectivity index (χ4n) is 2.80. The Bertz CT molecular complexity index is 445. The SMILES string of the molecule is C=CCCCCCC(NCC)c1cccc2c1OCCO2. The van der Waals surface area contributed by atoms with Gasteiger partial charge in [-0.05, 0) is 31.9 Å². The molecule has 1 atom stereocenters. The number of ether oxygens (including phenoxy) is 2. The van der Waals surface area contributed by atoms with Gasteiger partial charge in [0.15, 0.2) is 11.5 Å². The summed E-state index contributed by atoms with van der Waals surface area (Å²) < 4.78 is 11.5. The van der Waals surface area contributed by atoms with Crippen LogP contribution in [0.25, 0.3) is 0 Å². The van der Waals surface area contributed by atoms with Crippen LogP contribution in [0.3, 0.4) is 0 Å². The first-order valence-electron chi connectivity index (χ1n) is 8.09. The molecule has 0 amide bonds. The lowest BCUT2D eigenvalue weighted by atomic mass is 9.98. The third kappa shape index (κ3) is 4.50. The zero-order chi connectivity index (χ0) is 14.9. The smallest absolute Gasteiger partial charge is 0.166 e. The van der Waals surface area contributed by atoms with Crippen molar-refractivity contribution in [2.24, 2.45) is 0 Å². The molecule has 2 rings (SSSR count). The Balaban J connectivity index is 2.01. The summed E-state index contributed by atoms with van der Waals surface area (Å²) in [7, 11) is 0. The molecule has 1 unspecified atom stereocenters. The molecular formula is C18H27NO2. The lowest BCUT2D eigenvalue weighted by molar-refractivity contribution is 0.168. The van der Waals surface area contributed by atoms with Crippen LogP contribution < -0.4 is 14.8 Å².